The van der Waals surface area contributed by atoms with Crippen LogP contribution in [0.2, 0.25) is 0 Å². The number of hydrogen-bond donors (Lipinski definition) is 0. The topological polar surface area (TPSA) is 20.3 Å². The Balaban J connectivity index is 1.94. The van der Waals surface area contributed by atoms with Gasteiger partial charge in [0.15, 0.2) is 0 Å². The van der Waals surface area contributed by atoms with Crippen LogP contribution >= 0.6 is 15.9 Å². The second-order valence-corrected chi connectivity index (χ2v) is 5.65. The molecule has 3 heteroatoms. The number of rotatable bonds is 2. The molecule has 3 rings (SSSR count). The Labute approximate surface area is 121 Å². The molecule has 1 aliphatic heterocycles. The van der Waals surface area contributed by atoms with Crippen molar-refractivity contribution in [3.8, 4) is 0 Å². The molecule has 0 radical (unpaired) electrons. The van der Waals surface area contributed by atoms with Crippen molar-refractivity contribution in [2.24, 2.45) is 0 Å². The number of anilines is 1. The van der Waals surface area contributed by atoms with Crippen LogP contribution in [-0.2, 0) is 17.8 Å². The van der Waals surface area contributed by atoms with Crippen LogP contribution in [0.15, 0.2) is 53.0 Å². The van der Waals surface area contributed by atoms with E-state index < -0.39 is 0 Å². The van der Waals surface area contributed by atoms with Gasteiger partial charge in [-0.2, -0.15) is 0 Å². The first-order valence-electron chi connectivity index (χ1n) is 6.37. The van der Waals surface area contributed by atoms with E-state index in [2.05, 4.69) is 34.1 Å². The van der Waals surface area contributed by atoms with Gasteiger partial charge in [0.1, 0.15) is 0 Å². The number of hydrogen-bond acceptors (Lipinski definition) is 1. The zero-order valence-corrected chi connectivity index (χ0v) is 12.1. The average Bonchev–Trinajstić information content (AvgIpc) is 2.42. The van der Waals surface area contributed by atoms with Crippen molar-refractivity contribution >= 4 is 27.5 Å². The first kappa shape index (κ1) is 12.4. The van der Waals surface area contributed by atoms with Crippen LogP contribution < -0.4 is 4.90 Å². The molecule has 2 nitrogen and oxygen atoms in total. The number of aryl methyl sites for hydroxylation is 1. The summed E-state index contributed by atoms with van der Waals surface area (Å²) in [5.74, 6) is 0.207. The quantitative estimate of drug-likeness (QED) is 0.822. The Bertz CT molecular complexity index is 624. The van der Waals surface area contributed by atoms with Crippen molar-refractivity contribution in [2.45, 2.75) is 19.4 Å². The summed E-state index contributed by atoms with van der Waals surface area (Å²) in [7, 11) is 0. The predicted octanol–water partition coefficient (Wildman–Crippen LogP) is 3.93. The van der Waals surface area contributed by atoms with Crippen molar-refractivity contribution < 1.29 is 4.79 Å². The molecule has 0 aromatic heterocycles. The minimum atomic E-state index is 0.207. The zero-order valence-electron chi connectivity index (χ0n) is 10.5. The highest BCUT2D eigenvalue weighted by molar-refractivity contribution is 9.10. The summed E-state index contributed by atoms with van der Waals surface area (Å²) in [5.41, 5.74) is 3.45. The number of carbonyl (C=O) groups is 1. The zero-order chi connectivity index (χ0) is 13.2. The normalized spacial score (nSPS) is 14.4. The highest BCUT2D eigenvalue weighted by atomic mass is 79.9. The second-order valence-electron chi connectivity index (χ2n) is 4.74. The van der Waals surface area contributed by atoms with E-state index in [0.717, 1.165) is 22.1 Å². The third-order valence-electron chi connectivity index (χ3n) is 3.42. The number of halogens is 1. The van der Waals surface area contributed by atoms with E-state index in [-0.39, 0.29) is 5.91 Å². The Morgan fingerprint density at radius 3 is 2.74 bits per heavy atom. The fourth-order valence-corrected chi connectivity index (χ4v) is 2.93. The van der Waals surface area contributed by atoms with Gasteiger partial charge in [-0.15, -0.1) is 0 Å². The molecular weight excluding hydrogens is 302 g/mol. The van der Waals surface area contributed by atoms with Crippen LogP contribution in [-0.4, -0.2) is 5.91 Å². The number of benzene rings is 2. The van der Waals surface area contributed by atoms with Gasteiger partial charge in [-0.05, 0) is 35.7 Å². The van der Waals surface area contributed by atoms with Gasteiger partial charge < -0.3 is 4.90 Å². The predicted molar refractivity (Wildman–Crippen MR) is 80.1 cm³/mol. The Morgan fingerprint density at radius 2 is 1.89 bits per heavy atom. The lowest BCUT2D eigenvalue weighted by Crippen LogP contribution is -2.34. The summed E-state index contributed by atoms with van der Waals surface area (Å²) in [6, 6.07) is 16.3. The fraction of sp³-hybridized carbons (Fsp3) is 0.188. The minimum Gasteiger partial charge on any atom is -0.308 e. The van der Waals surface area contributed by atoms with Crippen molar-refractivity contribution in [3.05, 3.63) is 64.1 Å². The first-order chi connectivity index (χ1) is 9.24. The average molecular weight is 316 g/mol. The van der Waals surface area contributed by atoms with E-state index >= 15 is 0 Å². The maximum Gasteiger partial charge on any atom is 0.227 e. The smallest absolute Gasteiger partial charge is 0.227 e. The summed E-state index contributed by atoms with van der Waals surface area (Å²) < 4.78 is 1.04. The van der Waals surface area contributed by atoms with E-state index in [0.29, 0.717) is 13.0 Å². The molecule has 0 atom stereocenters. The maximum atomic E-state index is 12.2. The highest BCUT2D eigenvalue weighted by Crippen LogP contribution is 2.29. The van der Waals surface area contributed by atoms with Crippen LogP contribution in [0.25, 0.3) is 0 Å². The van der Waals surface area contributed by atoms with Gasteiger partial charge >= 0.3 is 0 Å². The lowest BCUT2D eigenvalue weighted by atomic mass is 10.0. The summed E-state index contributed by atoms with van der Waals surface area (Å²) in [6.07, 6.45) is 1.45. The molecule has 0 unspecified atom stereocenters. The van der Waals surface area contributed by atoms with Gasteiger partial charge in [-0.1, -0.05) is 46.3 Å². The molecule has 0 saturated heterocycles. The van der Waals surface area contributed by atoms with E-state index in [1.54, 1.807) is 0 Å². The molecule has 0 fully saturated rings. The van der Waals surface area contributed by atoms with E-state index in [9.17, 15) is 4.79 Å². The van der Waals surface area contributed by atoms with E-state index in [1.165, 1.54) is 5.56 Å². The number of carbonyl (C=O) groups excluding carboxylic acids is 1. The molecular formula is C16H14BrNO. The number of para-hydroxylation sites is 1. The summed E-state index contributed by atoms with van der Waals surface area (Å²) in [4.78, 5) is 14.1. The van der Waals surface area contributed by atoms with Crippen LogP contribution in [0.3, 0.4) is 0 Å². The Kier molecular flexibility index (Phi) is 3.38. The summed E-state index contributed by atoms with van der Waals surface area (Å²) in [5, 5.41) is 0. The molecule has 1 heterocycles. The van der Waals surface area contributed by atoms with Gasteiger partial charge in [0.25, 0.3) is 0 Å². The maximum absolute atomic E-state index is 12.2. The SMILES string of the molecule is O=C1CCc2ccccc2N1Cc1cccc(Br)c1. The lowest BCUT2D eigenvalue weighted by molar-refractivity contribution is -0.119. The van der Waals surface area contributed by atoms with Crippen molar-refractivity contribution in [1.82, 2.24) is 0 Å². The van der Waals surface area contributed by atoms with Crippen molar-refractivity contribution in [1.29, 1.82) is 0 Å². The van der Waals surface area contributed by atoms with Gasteiger partial charge in [-0.3, -0.25) is 4.79 Å². The standard InChI is InChI=1S/C16H14BrNO/c17-14-6-3-4-12(10-14)11-18-15-7-2-1-5-13(15)8-9-16(18)19/h1-7,10H,8-9,11H2. The minimum absolute atomic E-state index is 0.207. The lowest BCUT2D eigenvalue weighted by Gasteiger charge is -2.29. The third-order valence-corrected chi connectivity index (χ3v) is 3.91. The van der Waals surface area contributed by atoms with Crippen molar-refractivity contribution in [3.63, 3.8) is 0 Å². The molecule has 1 aliphatic rings. The van der Waals surface area contributed by atoms with Crippen LogP contribution in [0.5, 0.6) is 0 Å². The molecule has 1 amide bonds. The number of amides is 1. The Hall–Kier alpha value is -1.61. The highest BCUT2D eigenvalue weighted by Gasteiger charge is 2.23. The third kappa shape index (κ3) is 2.56. The van der Waals surface area contributed by atoms with Gasteiger partial charge in [0.2, 0.25) is 5.91 Å². The summed E-state index contributed by atoms with van der Waals surface area (Å²) in [6.45, 7) is 0.634. The molecule has 0 spiro atoms. The van der Waals surface area contributed by atoms with Crippen LogP contribution in [0.1, 0.15) is 17.5 Å². The molecule has 19 heavy (non-hydrogen) atoms. The largest absolute Gasteiger partial charge is 0.308 e. The van der Waals surface area contributed by atoms with Gasteiger partial charge in [0, 0.05) is 16.6 Å². The monoisotopic (exact) mass is 315 g/mol. The van der Waals surface area contributed by atoms with Gasteiger partial charge in [0.05, 0.1) is 6.54 Å². The van der Waals surface area contributed by atoms with E-state index in [1.807, 2.05) is 35.2 Å². The molecule has 2 aromatic rings. The molecule has 2 aromatic carbocycles. The number of nitrogens with zero attached hydrogens (tertiary/aromatic N) is 1. The molecule has 0 saturated carbocycles. The van der Waals surface area contributed by atoms with Crippen LogP contribution in [0.4, 0.5) is 5.69 Å². The van der Waals surface area contributed by atoms with Crippen LogP contribution in [0, 0.1) is 0 Å². The fourth-order valence-electron chi connectivity index (χ4n) is 2.49. The van der Waals surface area contributed by atoms with E-state index in [4.69, 9.17) is 0 Å². The molecule has 0 aliphatic carbocycles. The molecule has 0 N–H and O–H groups in total. The first-order valence-corrected chi connectivity index (χ1v) is 7.16. The molecule has 96 valence electrons. The summed E-state index contributed by atoms with van der Waals surface area (Å²) >= 11 is 3.47. The number of fused-ring (bicyclic) bond motifs is 1. The molecule has 0 bridgehead atoms. The van der Waals surface area contributed by atoms with Gasteiger partial charge in [-0.25, -0.2) is 0 Å². The Morgan fingerprint density at radius 1 is 1.05 bits per heavy atom. The second kappa shape index (κ2) is 5.17. The van der Waals surface area contributed by atoms with Crippen molar-refractivity contribution in [2.75, 3.05) is 4.90 Å².